The fourth-order valence-electron chi connectivity index (χ4n) is 8.23. The van der Waals surface area contributed by atoms with E-state index in [9.17, 15) is 0 Å². The van der Waals surface area contributed by atoms with Gasteiger partial charge in [-0.25, -0.2) is 0 Å². The van der Waals surface area contributed by atoms with Crippen molar-refractivity contribution in [2.45, 2.75) is 76.6 Å². The van der Waals surface area contributed by atoms with E-state index in [1.54, 1.807) is 0 Å². The van der Waals surface area contributed by atoms with E-state index in [-0.39, 0.29) is 17.4 Å². The average Bonchev–Trinajstić information content (AvgIpc) is 3.29. The summed E-state index contributed by atoms with van der Waals surface area (Å²) in [6.07, 6.45) is 0. The van der Waals surface area contributed by atoms with Crippen LogP contribution in [0.5, 0.6) is 0 Å². The van der Waals surface area contributed by atoms with Gasteiger partial charge in [-0.1, -0.05) is 70.2 Å². The van der Waals surface area contributed by atoms with Crippen molar-refractivity contribution in [3.05, 3.63) is 89.0 Å². The topological polar surface area (TPSA) is 25.1 Å². The fourth-order valence-corrected chi connectivity index (χ4v) is 9.66. The van der Waals surface area contributed by atoms with Crippen molar-refractivity contribution in [2.24, 2.45) is 0 Å². The second-order valence-electron chi connectivity index (χ2n) is 13.1. The summed E-state index contributed by atoms with van der Waals surface area (Å²) in [5, 5.41) is 6.64. The van der Waals surface area contributed by atoms with Crippen molar-refractivity contribution < 1.29 is 9.30 Å². The molecule has 3 aromatic carbocycles. The van der Waals surface area contributed by atoms with Crippen molar-refractivity contribution in [1.29, 1.82) is 0 Å². The number of methoxy groups -OCH3 is 1. The Morgan fingerprint density at radius 2 is 1.62 bits per heavy atom. The van der Waals surface area contributed by atoms with Gasteiger partial charge in [0, 0.05) is 51.2 Å². The highest BCUT2D eigenvalue weighted by Crippen LogP contribution is 2.67. The Morgan fingerprint density at radius 3 is 2.35 bits per heavy atom. The van der Waals surface area contributed by atoms with Crippen LogP contribution in [0.1, 0.15) is 81.7 Å². The molecule has 3 heterocycles. The van der Waals surface area contributed by atoms with E-state index < -0.39 is 5.72 Å². The lowest BCUT2D eigenvalue weighted by molar-refractivity contribution is -0.674. The average molecular weight is 546 g/mol. The Balaban J connectivity index is 1.54. The molecule has 2 aliphatic carbocycles. The second-order valence-corrected chi connectivity index (χ2v) is 14.2. The van der Waals surface area contributed by atoms with Gasteiger partial charge in [0.25, 0.3) is 0 Å². The van der Waals surface area contributed by atoms with Gasteiger partial charge in [-0.3, -0.25) is 5.32 Å². The van der Waals surface area contributed by atoms with Crippen LogP contribution in [0.2, 0.25) is 0 Å². The van der Waals surface area contributed by atoms with E-state index in [1.165, 1.54) is 64.9 Å². The first kappa shape index (κ1) is 24.7. The zero-order valence-corrected chi connectivity index (χ0v) is 25.2. The molecule has 3 nitrogen and oxygen atoms in total. The second kappa shape index (κ2) is 8.03. The van der Waals surface area contributed by atoms with Crippen LogP contribution in [-0.4, -0.2) is 18.9 Å². The van der Waals surface area contributed by atoms with Crippen LogP contribution in [0.15, 0.2) is 66.7 Å². The highest BCUT2D eigenvalue weighted by molar-refractivity contribution is 7.22. The lowest BCUT2D eigenvalue weighted by Crippen LogP contribution is -2.48. The summed E-state index contributed by atoms with van der Waals surface area (Å²) >= 11 is 1.97. The predicted molar refractivity (Wildman–Crippen MR) is 166 cm³/mol. The van der Waals surface area contributed by atoms with E-state index in [4.69, 9.17) is 4.74 Å². The van der Waals surface area contributed by atoms with E-state index in [0.29, 0.717) is 12.0 Å². The number of hydrogen-bond donors (Lipinski definition) is 1. The van der Waals surface area contributed by atoms with Gasteiger partial charge in [-0.15, -0.1) is 11.3 Å². The molecular weight excluding hydrogens is 508 g/mol. The van der Waals surface area contributed by atoms with Crippen molar-refractivity contribution in [3.8, 4) is 21.7 Å². The molecule has 4 heteroatoms. The maximum atomic E-state index is 6.50. The number of hydrogen-bond acceptors (Lipinski definition) is 3. The number of ether oxygens (including phenoxy) is 1. The lowest BCUT2D eigenvalue weighted by Gasteiger charge is -2.24. The van der Waals surface area contributed by atoms with Crippen LogP contribution in [0, 0.1) is 0 Å². The molecule has 3 aliphatic rings. The van der Waals surface area contributed by atoms with Crippen LogP contribution < -0.4 is 9.88 Å². The number of thiophene rings is 1. The maximum Gasteiger partial charge on any atom is 0.214 e. The molecular formula is C36H37N2OS+. The standard InChI is InChI=1S/C36H37N2OS/c1-19(2)24-18-27-29-23(16-17-25-30(29)33-31(35(25,5)6)22-13-9-11-15-28(22)40-33)32-34(36(32,39-7)37-20(3)4)38(27)26-14-10-8-12-21(24)26/h8-20,32,34,37H,1-7H3/q+1. The zero-order chi connectivity index (χ0) is 27.7. The minimum atomic E-state index is -0.438. The maximum absolute atomic E-state index is 6.50. The van der Waals surface area contributed by atoms with E-state index >= 15 is 0 Å². The van der Waals surface area contributed by atoms with E-state index in [2.05, 4.69) is 118 Å². The molecule has 1 saturated carbocycles. The third kappa shape index (κ3) is 2.90. The Hall–Kier alpha value is -3.05. The highest BCUT2D eigenvalue weighted by Gasteiger charge is 2.77. The molecule has 1 N–H and O–H groups in total. The van der Waals surface area contributed by atoms with Crippen LogP contribution in [-0.2, 0) is 10.2 Å². The molecule has 0 bridgehead atoms. The minimum Gasteiger partial charge on any atom is -0.356 e. The van der Waals surface area contributed by atoms with Crippen molar-refractivity contribution in [3.63, 3.8) is 0 Å². The number of para-hydroxylation sites is 1. The summed E-state index contributed by atoms with van der Waals surface area (Å²) in [5.74, 6) is 0.665. The first-order valence-corrected chi connectivity index (χ1v) is 15.5. The van der Waals surface area contributed by atoms with Crippen molar-refractivity contribution in [1.82, 2.24) is 5.32 Å². The first-order valence-electron chi connectivity index (χ1n) is 14.7. The number of aromatic nitrogens is 1. The SMILES string of the molecule is COC1(NC(C)C)C2c3ccc4c(c3-c3cc(C(C)C)c5ccccc5[n+]3C21)-c1sc2ccccc2c1C4(C)C. The lowest BCUT2D eigenvalue weighted by atomic mass is 9.79. The molecule has 0 spiro atoms. The predicted octanol–water partition coefficient (Wildman–Crippen LogP) is 8.43. The van der Waals surface area contributed by atoms with Gasteiger partial charge in [-0.05, 0) is 59.5 Å². The smallest absolute Gasteiger partial charge is 0.214 e. The van der Waals surface area contributed by atoms with Gasteiger partial charge < -0.3 is 4.74 Å². The fraction of sp³-hybridized carbons (Fsp3) is 0.361. The van der Waals surface area contributed by atoms with Crippen molar-refractivity contribution in [2.75, 3.05) is 7.11 Å². The van der Waals surface area contributed by atoms with Gasteiger partial charge in [0.1, 0.15) is 5.92 Å². The largest absolute Gasteiger partial charge is 0.356 e. The van der Waals surface area contributed by atoms with Crippen molar-refractivity contribution >= 4 is 32.3 Å². The van der Waals surface area contributed by atoms with Gasteiger partial charge in [0.15, 0.2) is 5.72 Å². The molecule has 0 amide bonds. The monoisotopic (exact) mass is 545 g/mol. The number of benzene rings is 3. The molecule has 0 radical (unpaired) electrons. The summed E-state index contributed by atoms with van der Waals surface area (Å²) in [6, 6.07) is 25.8. The molecule has 2 aromatic heterocycles. The third-order valence-corrected chi connectivity index (χ3v) is 11.0. The molecule has 8 rings (SSSR count). The Bertz CT molecular complexity index is 1880. The quantitative estimate of drug-likeness (QED) is 0.181. The summed E-state index contributed by atoms with van der Waals surface area (Å²) in [4.78, 5) is 1.45. The van der Waals surface area contributed by atoms with Gasteiger partial charge in [0.2, 0.25) is 17.3 Å². The normalized spacial score (nSPS) is 23.3. The number of nitrogens with one attached hydrogen (secondary N) is 1. The van der Waals surface area contributed by atoms with Gasteiger partial charge in [0.05, 0.1) is 5.56 Å². The number of fused-ring (bicyclic) bond motifs is 14. The Labute approximate surface area is 240 Å². The van der Waals surface area contributed by atoms with E-state index in [1.807, 2.05) is 18.4 Å². The molecule has 40 heavy (non-hydrogen) atoms. The number of rotatable bonds is 4. The van der Waals surface area contributed by atoms with Crippen LogP contribution in [0.25, 0.3) is 42.7 Å². The van der Waals surface area contributed by atoms with Crippen LogP contribution >= 0.6 is 11.3 Å². The first-order chi connectivity index (χ1) is 19.2. The highest BCUT2D eigenvalue weighted by atomic mass is 32.1. The van der Waals surface area contributed by atoms with Crippen LogP contribution in [0.3, 0.4) is 0 Å². The molecule has 0 saturated heterocycles. The third-order valence-electron chi connectivity index (χ3n) is 9.84. The minimum absolute atomic E-state index is 0.0587. The molecule has 5 aromatic rings. The Kier molecular flexibility index (Phi) is 4.96. The Morgan fingerprint density at radius 1 is 0.900 bits per heavy atom. The molecule has 1 fully saturated rings. The van der Waals surface area contributed by atoms with Gasteiger partial charge in [-0.2, -0.15) is 4.57 Å². The summed E-state index contributed by atoms with van der Waals surface area (Å²) in [6.45, 7) is 13.9. The number of nitrogens with zero attached hydrogens (tertiary/aromatic N) is 1. The van der Waals surface area contributed by atoms with E-state index in [0.717, 1.165) is 0 Å². The number of pyridine rings is 1. The summed E-state index contributed by atoms with van der Waals surface area (Å²) in [5.41, 5.74) is 10.8. The van der Waals surface area contributed by atoms with Crippen LogP contribution in [0.4, 0.5) is 0 Å². The molecule has 3 unspecified atom stereocenters. The summed E-state index contributed by atoms with van der Waals surface area (Å²) in [7, 11) is 1.89. The van der Waals surface area contributed by atoms with Gasteiger partial charge >= 0.3 is 0 Å². The summed E-state index contributed by atoms with van der Waals surface area (Å²) < 4.78 is 10.5. The zero-order valence-electron chi connectivity index (χ0n) is 24.4. The molecule has 1 aliphatic heterocycles. The molecule has 3 atom stereocenters. The molecule has 202 valence electrons.